The molecule has 4 heteroatoms. The average Bonchev–Trinajstić information content (AvgIpc) is 2.78. The summed E-state index contributed by atoms with van der Waals surface area (Å²) in [5, 5.41) is 5.58. The fourth-order valence-electron chi connectivity index (χ4n) is 1.59. The molecule has 0 radical (unpaired) electrons. The molecular formula is C10H14BrNOS. The summed E-state index contributed by atoms with van der Waals surface area (Å²) in [7, 11) is 0. The van der Waals surface area contributed by atoms with Gasteiger partial charge in [0.25, 0.3) is 0 Å². The second-order valence-electron chi connectivity index (χ2n) is 3.55. The highest BCUT2D eigenvalue weighted by Gasteiger charge is 2.14. The van der Waals surface area contributed by atoms with Crippen molar-refractivity contribution in [1.82, 2.24) is 5.32 Å². The molecule has 1 aromatic heterocycles. The van der Waals surface area contributed by atoms with E-state index < -0.39 is 0 Å². The van der Waals surface area contributed by atoms with Crippen LogP contribution in [0.2, 0.25) is 0 Å². The zero-order valence-electron chi connectivity index (χ0n) is 7.96. The molecule has 1 N–H and O–H groups in total. The van der Waals surface area contributed by atoms with E-state index in [1.165, 1.54) is 15.8 Å². The van der Waals surface area contributed by atoms with Crippen LogP contribution in [-0.4, -0.2) is 19.8 Å². The van der Waals surface area contributed by atoms with Gasteiger partial charge in [-0.3, -0.25) is 0 Å². The second kappa shape index (κ2) is 5.26. The van der Waals surface area contributed by atoms with Gasteiger partial charge in [-0.1, -0.05) is 0 Å². The van der Waals surface area contributed by atoms with E-state index in [0.29, 0.717) is 5.92 Å². The average molecular weight is 276 g/mol. The first-order chi connectivity index (χ1) is 6.86. The summed E-state index contributed by atoms with van der Waals surface area (Å²) in [5.41, 5.74) is 0. The maximum atomic E-state index is 5.32. The molecule has 1 atom stereocenters. The molecule has 1 unspecified atom stereocenters. The molecule has 0 aliphatic carbocycles. The fourth-order valence-corrected chi connectivity index (χ4v) is 3.05. The van der Waals surface area contributed by atoms with Gasteiger partial charge >= 0.3 is 0 Å². The number of nitrogens with one attached hydrogen (secondary N) is 1. The van der Waals surface area contributed by atoms with Crippen LogP contribution in [0.15, 0.2) is 15.9 Å². The fraction of sp³-hybridized carbons (Fsp3) is 0.600. The van der Waals surface area contributed by atoms with E-state index in [9.17, 15) is 0 Å². The summed E-state index contributed by atoms with van der Waals surface area (Å²) in [6.07, 6.45) is 1.21. The van der Waals surface area contributed by atoms with Crippen LogP contribution in [0.4, 0.5) is 0 Å². The van der Waals surface area contributed by atoms with Crippen molar-refractivity contribution in [2.75, 3.05) is 19.8 Å². The SMILES string of the molecule is Brc1ccsc1CNCC1CCOC1. The lowest BCUT2D eigenvalue weighted by Crippen LogP contribution is -2.22. The van der Waals surface area contributed by atoms with Crippen molar-refractivity contribution in [2.45, 2.75) is 13.0 Å². The Morgan fingerprint density at radius 3 is 3.21 bits per heavy atom. The van der Waals surface area contributed by atoms with Crippen molar-refractivity contribution in [3.8, 4) is 0 Å². The molecule has 2 heterocycles. The number of hydrogen-bond donors (Lipinski definition) is 1. The monoisotopic (exact) mass is 275 g/mol. The first-order valence-corrected chi connectivity index (χ1v) is 6.54. The number of rotatable bonds is 4. The van der Waals surface area contributed by atoms with Crippen LogP contribution >= 0.6 is 27.3 Å². The Morgan fingerprint density at radius 2 is 2.57 bits per heavy atom. The molecule has 0 aromatic carbocycles. The van der Waals surface area contributed by atoms with Gasteiger partial charge in [0.15, 0.2) is 0 Å². The van der Waals surface area contributed by atoms with Gasteiger partial charge in [-0.15, -0.1) is 11.3 Å². The number of halogens is 1. The third kappa shape index (κ3) is 2.79. The van der Waals surface area contributed by atoms with Crippen LogP contribution in [0.25, 0.3) is 0 Å². The molecule has 14 heavy (non-hydrogen) atoms. The van der Waals surface area contributed by atoms with Crippen LogP contribution in [0.5, 0.6) is 0 Å². The highest BCUT2D eigenvalue weighted by atomic mass is 79.9. The molecule has 0 saturated carbocycles. The summed E-state index contributed by atoms with van der Waals surface area (Å²) in [5.74, 6) is 0.716. The molecule has 1 aliphatic heterocycles. The first-order valence-electron chi connectivity index (χ1n) is 4.86. The second-order valence-corrected chi connectivity index (χ2v) is 5.41. The van der Waals surface area contributed by atoms with Crippen LogP contribution in [0.3, 0.4) is 0 Å². The zero-order chi connectivity index (χ0) is 9.80. The molecule has 1 saturated heterocycles. The topological polar surface area (TPSA) is 21.3 Å². The van der Waals surface area contributed by atoms with Gasteiger partial charge in [-0.05, 0) is 39.7 Å². The predicted molar refractivity (Wildman–Crippen MR) is 62.7 cm³/mol. The van der Waals surface area contributed by atoms with Gasteiger partial charge < -0.3 is 10.1 Å². The summed E-state index contributed by atoms with van der Waals surface area (Å²) in [6, 6.07) is 2.10. The minimum absolute atomic E-state index is 0.716. The summed E-state index contributed by atoms with van der Waals surface area (Å²) < 4.78 is 6.54. The Labute approximate surface area is 96.8 Å². The highest BCUT2D eigenvalue weighted by molar-refractivity contribution is 9.10. The molecule has 0 bridgehead atoms. The molecular weight excluding hydrogens is 262 g/mol. The van der Waals surface area contributed by atoms with Crippen LogP contribution in [-0.2, 0) is 11.3 Å². The Bertz CT molecular complexity index is 283. The third-order valence-corrected chi connectivity index (χ3v) is 4.36. The lowest BCUT2D eigenvalue weighted by atomic mass is 10.1. The molecule has 1 aliphatic rings. The quantitative estimate of drug-likeness (QED) is 0.912. The van der Waals surface area contributed by atoms with Crippen molar-refractivity contribution >= 4 is 27.3 Å². The van der Waals surface area contributed by atoms with E-state index in [-0.39, 0.29) is 0 Å². The predicted octanol–water partition coefficient (Wildman–Crippen LogP) is 2.64. The zero-order valence-corrected chi connectivity index (χ0v) is 10.4. The molecule has 0 amide bonds. The Morgan fingerprint density at radius 1 is 1.64 bits per heavy atom. The maximum Gasteiger partial charge on any atom is 0.0507 e. The number of hydrogen-bond acceptors (Lipinski definition) is 3. The first kappa shape index (κ1) is 10.6. The van der Waals surface area contributed by atoms with E-state index in [2.05, 4.69) is 32.7 Å². The molecule has 2 nitrogen and oxygen atoms in total. The summed E-state index contributed by atoms with van der Waals surface area (Å²) >= 11 is 5.32. The lowest BCUT2D eigenvalue weighted by Gasteiger charge is -2.08. The Kier molecular flexibility index (Phi) is 3.99. The van der Waals surface area contributed by atoms with E-state index in [0.717, 1.165) is 26.3 Å². The molecule has 78 valence electrons. The van der Waals surface area contributed by atoms with Crippen molar-refractivity contribution in [3.63, 3.8) is 0 Å². The van der Waals surface area contributed by atoms with Crippen molar-refractivity contribution in [2.24, 2.45) is 5.92 Å². The van der Waals surface area contributed by atoms with Crippen LogP contribution < -0.4 is 5.32 Å². The molecule has 1 aromatic rings. The van der Waals surface area contributed by atoms with E-state index in [1.54, 1.807) is 11.3 Å². The van der Waals surface area contributed by atoms with Crippen molar-refractivity contribution in [1.29, 1.82) is 0 Å². The largest absolute Gasteiger partial charge is 0.381 e. The van der Waals surface area contributed by atoms with Gasteiger partial charge in [0, 0.05) is 29.0 Å². The highest BCUT2D eigenvalue weighted by Crippen LogP contribution is 2.22. The minimum atomic E-state index is 0.716. The molecule has 2 rings (SSSR count). The van der Waals surface area contributed by atoms with Gasteiger partial charge in [0.2, 0.25) is 0 Å². The summed E-state index contributed by atoms with van der Waals surface area (Å²) in [6.45, 7) is 3.91. The van der Waals surface area contributed by atoms with E-state index in [4.69, 9.17) is 4.74 Å². The molecule has 0 spiro atoms. The van der Waals surface area contributed by atoms with E-state index in [1.807, 2.05) is 0 Å². The summed E-state index contributed by atoms with van der Waals surface area (Å²) in [4.78, 5) is 1.38. The van der Waals surface area contributed by atoms with Crippen molar-refractivity contribution in [3.05, 3.63) is 20.8 Å². The van der Waals surface area contributed by atoms with Crippen LogP contribution in [0.1, 0.15) is 11.3 Å². The van der Waals surface area contributed by atoms with Gasteiger partial charge in [0.05, 0.1) is 6.61 Å². The lowest BCUT2D eigenvalue weighted by molar-refractivity contribution is 0.185. The smallest absolute Gasteiger partial charge is 0.0507 e. The van der Waals surface area contributed by atoms with Crippen molar-refractivity contribution < 1.29 is 4.74 Å². The number of thiophene rings is 1. The van der Waals surface area contributed by atoms with Gasteiger partial charge in [-0.25, -0.2) is 0 Å². The molecule has 1 fully saturated rings. The standard InChI is InChI=1S/C10H14BrNOS/c11-9-2-4-14-10(9)6-12-5-8-1-3-13-7-8/h2,4,8,12H,1,3,5-7H2. The Hall–Kier alpha value is 0.1000. The van der Waals surface area contributed by atoms with Gasteiger partial charge in [-0.2, -0.15) is 0 Å². The van der Waals surface area contributed by atoms with Gasteiger partial charge in [0.1, 0.15) is 0 Å². The van der Waals surface area contributed by atoms with E-state index >= 15 is 0 Å². The minimum Gasteiger partial charge on any atom is -0.381 e. The third-order valence-electron chi connectivity index (χ3n) is 2.43. The maximum absolute atomic E-state index is 5.32. The Balaban J connectivity index is 1.70. The van der Waals surface area contributed by atoms with Crippen LogP contribution in [0, 0.1) is 5.92 Å². The normalized spacial score (nSPS) is 21.6. The number of ether oxygens (including phenoxy) is 1.